The maximum Gasteiger partial charge on any atom is 0.281 e. The first-order valence-electron chi connectivity index (χ1n) is 9.11. The molecule has 0 bridgehead atoms. The smallest absolute Gasteiger partial charge is 0.281 e. The quantitative estimate of drug-likeness (QED) is 0.403. The van der Waals surface area contributed by atoms with E-state index in [1.807, 2.05) is 89.2 Å². The zero-order chi connectivity index (χ0) is 20.1. The first-order chi connectivity index (χ1) is 14.0. The molecule has 3 heterocycles. The zero-order valence-electron chi connectivity index (χ0n) is 15.8. The standard InChI is InChI=1S/C22H17ClN4OS/c1-14-20(21(28)27(25(14)2)17-6-4-3-5-7-17)19-13-29-22-24-18(12-26(19)22)15-8-10-16(23)11-9-15/h3-13H,1-2H3. The molecule has 5 rings (SSSR count). The Morgan fingerprint density at radius 1 is 1.03 bits per heavy atom. The summed E-state index contributed by atoms with van der Waals surface area (Å²) in [6, 6.07) is 17.3. The second-order valence-corrected chi connectivity index (χ2v) is 8.12. The SMILES string of the molecule is Cc1c(-c2csc3nc(-c4ccc(Cl)cc4)cn23)c(=O)n(-c2ccccc2)n1C. The van der Waals surface area contributed by atoms with Gasteiger partial charge in [0, 0.05) is 34.9 Å². The van der Waals surface area contributed by atoms with Gasteiger partial charge < -0.3 is 0 Å². The molecule has 0 atom stereocenters. The first-order valence-corrected chi connectivity index (χ1v) is 10.4. The molecule has 7 heteroatoms. The van der Waals surface area contributed by atoms with Gasteiger partial charge in [0.05, 0.1) is 22.6 Å². The summed E-state index contributed by atoms with van der Waals surface area (Å²) in [5.41, 5.74) is 5.08. The number of fused-ring (bicyclic) bond motifs is 1. The molecule has 29 heavy (non-hydrogen) atoms. The second-order valence-electron chi connectivity index (χ2n) is 6.84. The van der Waals surface area contributed by atoms with E-state index in [2.05, 4.69) is 0 Å². The van der Waals surface area contributed by atoms with E-state index in [0.717, 1.165) is 33.3 Å². The fraction of sp³-hybridized carbons (Fsp3) is 0.0909. The monoisotopic (exact) mass is 420 g/mol. The highest BCUT2D eigenvalue weighted by Gasteiger charge is 2.21. The van der Waals surface area contributed by atoms with Crippen molar-refractivity contribution in [1.82, 2.24) is 18.7 Å². The molecule has 0 saturated carbocycles. The van der Waals surface area contributed by atoms with Crippen molar-refractivity contribution in [3.8, 4) is 28.2 Å². The van der Waals surface area contributed by atoms with Crippen molar-refractivity contribution in [2.45, 2.75) is 6.92 Å². The number of hydrogen-bond acceptors (Lipinski definition) is 3. The molecular formula is C22H17ClN4OS. The number of rotatable bonds is 3. The van der Waals surface area contributed by atoms with Gasteiger partial charge in [-0.15, -0.1) is 11.3 Å². The lowest BCUT2D eigenvalue weighted by Gasteiger charge is -2.07. The highest BCUT2D eigenvalue weighted by molar-refractivity contribution is 7.15. The predicted molar refractivity (Wildman–Crippen MR) is 118 cm³/mol. The summed E-state index contributed by atoms with van der Waals surface area (Å²) in [5.74, 6) is 0. The second kappa shape index (κ2) is 6.76. The minimum Gasteiger partial charge on any atom is -0.289 e. The molecule has 0 N–H and O–H groups in total. The number of imidazole rings is 1. The third-order valence-corrected chi connectivity index (χ3v) is 6.25. The Morgan fingerprint density at radius 2 is 1.76 bits per heavy atom. The molecule has 3 aromatic heterocycles. The molecule has 0 aliphatic heterocycles. The van der Waals surface area contributed by atoms with Crippen LogP contribution in [-0.2, 0) is 7.05 Å². The van der Waals surface area contributed by atoms with Crippen LogP contribution < -0.4 is 5.56 Å². The Kier molecular flexibility index (Phi) is 4.19. The first kappa shape index (κ1) is 18.0. The van der Waals surface area contributed by atoms with Gasteiger partial charge in [-0.25, -0.2) is 9.67 Å². The molecule has 0 aliphatic rings. The number of nitrogens with zero attached hydrogens (tertiary/aromatic N) is 4. The molecule has 0 amide bonds. The van der Waals surface area contributed by atoms with Crippen LogP contribution in [0.4, 0.5) is 0 Å². The van der Waals surface area contributed by atoms with Crippen molar-refractivity contribution >= 4 is 27.9 Å². The van der Waals surface area contributed by atoms with E-state index >= 15 is 0 Å². The van der Waals surface area contributed by atoms with Gasteiger partial charge in [0.1, 0.15) is 0 Å². The summed E-state index contributed by atoms with van der Waals surface area (Å²) < 4.78 is 5.59. The Bertz CT molecular complexity index is 1390. The molecule has 0 radical (unpaired) electrons. The van der Waals surface area contributed by atoms with E-state index in [0.29, 0.717) is 10.6 Å². The molecule has 144 valence electrons. The lowest BCUT2D eigenvalue weighted by molar-refractivity contribution is 0.630. The Morgan fingerprint density at radius 3 is 2.48 bits per heavy atom. The number of thiazole rings is 1. The lowest BCUT2D eigenvalue weighted by Crippen LogP contribution is -2.20. The summed E-state index contributed by atoms with van der Waals surface area (Å²) in [6.45, 7) is 1.97. The average Bonchev–Trinajstić information content (AvgIpc) is 3.37. The minimum absolute atomic E-state index is 0.0438. The number of halogens is 1. The third-order valence-electron chi connectivity index (χ3n) is 5.16. The minimum atomic E-state index is -0.0438. The number of aromatic nitrogens is 4. The van der Waals surface area contributed by atoms with E-state index in [1.54, 1.807) is 4.68 Å². The summed E-state index contributed by atoms with van der Waals surface area (Å²) in [6.07, 6.45) is 1.98. The van der Waals surface area contributed by atoms with Crippen LogP contribution in [0.15, 0.2) is 71.0 Å². The van der Waals surface area contributed by atoms with E-state index in [1.165, 1.54) is 11.3 Å². The van der Waals surface area contributed by atoms with Crippen LogP contribution in [-0.4, -0.2) is 18.7 Å². The van der Waals surface area contributed by atoms with Gasteiger partial charge in [-0.3, -0.25) is 13.9 Å². The normalized spacial score (nSPS) is 11.4. The molecule has 0 fully saturated rings. The van der Waals surface area contributed by atoms with Crippen molar-refractivity contribution in [3.63, 3.8) is 0 Å². The zero-order valence-corrected chi connectivity index (χ0v) is 17.4. The topological polar surface area (TPSA) is 44.2 Å². The van der Waals surface area contributed by atoms with Gasteiger partial charge >= 0.3 is 0 Å². The predicted octanol–water partition coefficient (Wildman–Crippen LogP) is 5.18. The van der Waals surface area contributed by atoms with Crippen molar-refractivity contribution in [2.75, 3.05) is 0 Å². The summed E-state index contributed by atoms with van der Waals surface area (Å²) >= 11 is 7.53. The summed E-state index contributed by atoms with van der Waals surface area (Å²) in [5, 5.41) is 2.68. The molecule has 0 saturated heterocycles. The molecule has 0 aliphatic carbocycles. The maximum absolute atomic E-state index is 13.4. The summed E-state index contributed by atoms with van der Waals surface area (Å²) in [4.78, 5) is 18.9. The summed E-state index contributed by atoms with van der Waals surface area (Å²) in [7, 11) is 1.91. The molecular weight excluding hydrogens is 404 g/mol. The number of hydrogen-bond donors (Lipinski definition) is 0. The molecule has 2 aromatic carbocycles. The highest BCUT2D eigenvalue weighted by atomic mass is 35.5. The van der Waals surface area contributed by atoms with Crippen LogP contribution in [0.1, 0.15) is 5.69 Å². The van der Waals surface area contributed by atoms with Crippen molar-refractivity contribution < 1.29 is 0 Å². The molecule has 5 nitrogen and oxygen atoms in total. The Hall–Kier alpha value is -3.09. The van der Waals surface area contributed by atoms with Crippen LogP contribution in [0.2, 0.25) is 5.02 Å². The Balaban J connectivity index is 1.69. The largest absolute Gasteiger partial charge is 0.289 e. The van der Waals surface area contributed by atoms with Crippen LogP contribution in [0.3, 0.4) is 0 Å². The fourth-order valence-corrected chi connectivity index (χ4v) is 4.58. The molecule has 0 unspecified atom stereocenters. The van der Waals surface area contributed by atoms with Crippen LogP contribution >= 0.6 is 22.9 Å². The van der Waals surface area contributed by atoms with Crippen molar-refractivity contribution in [2.24, 2.45) is 7.05 Å². The molecule has 5 aromatic rings. The fourth-order valence-electron chi connectivity index (χ4n) is 3.59. The number of para-hydroxylation sites is 1. The van der Waals surface area contributed by atoms with Crippen molar-refractivity contribution in [3.05, 3.63) is 87.2 Å². The highest BCUT2D eigenvalue weighted by Crippen LogP contribution is 2.30. The maximum atomic E-state index is 13.4. The van der Waals surface area contributed by atoms with Crippen LogP contribution in [0.25, 0.3) is 33.2 Å². The van der Waals surface area contributed by atoms with E-state index in [9.17, 15) is 4.79 Å². The van der Waals surface area contributed by atoms with Gasteiger partial charge in [-0.1, -0.05) is 41.9 Å². The molecule has 0 spiro atoms. The van der Waals surface area contributed by atoms with Crippen molar-refractivity contribution in [1.29, 1.82) is 0 Å². The van der Waals surface area contributed by atoms with Gasteiger partial charge in [0.25, 0.3) is 5.56 Å². The number of benzene rings is 2. The van der Waals surface area contributed by atoms with Crippen LogP contribution in [0.5, 0.6) is 0 Å². The van der Waals surface area contributed by atoms with Crippen LogP contribution in [0, 0.1) is 6.92 Å². The van der Waals surface area contributed by atoms with Gasteiger partial charge in [-0.2, -0.15) is 0 Å². The van der Waals surface area contributed by atoms with E-state index in [4.69, 9.17) is 16.6 Å². The van der Waals surface area contributed by atoms with E-state index < -0.39 is 0 Å². The van der Waals surface area contributed by atoms with E-state index in [-0.39, 0.29) is 5.56 Å². The van der Waals surface area contributed by atoms with Gasteiger partial charge in [0.15, 0.2) is 4.96 Å². The third kappa shape index (κ3) is 2.84. The average molecular weight is 421 g/mol. The lowest BCUT2D eigenvalue weighted by atomic mass is 10.2. The van der Waals surface area contributed by atoms with Gasteiger partial charge in [0.2, 0.25) is 0 Å². The van der Waals surface area contributed by atoms with Gasteiger partial charge in [-0.05, 0) is 31.2 Å². The Labute approximate surface area is 176 Å².